The summed E-state index contributed by atoms with van der Waals surface area (Å²) in [6.45, 7) is 2.40. The number of nitrogens with two attached hydrogens (primary N) is 1. The highest BCUT2D eigenvalue weighted by Gasteiger charge is 2.58. The minimum Gasteiger partial charge on any atom is -0.405 e. The van der Waals surface area contributed by atoms with E-state index in [1.165, 1.54) is 19.1 Å². The van der Waals surface area contributed by atoms with E-state index in [0.717, 1.165) is 6.92 Å². The molecule has 0 spiro atoms. The summed E-state index contributed by atoms with van der Waals surface area (Å²) >= 11 is 0. The molecule has 0 aliphatic carbocycles. The minimum absolute atomic E-state index is 0.0315. The average Bonchev–Trinajstić information content (AvgIpc) is 3.02. The number of nitrogen functional groups attached to an aromatic ring is 1. The first-order valence-electron chi connectivity index (χ1n) is 9.74. The van der Waals surface area contributed by atoms with Crippen LogP contribution in [-0.2, 0) is 25.6 Å². The highest BCUT2D eigenvalue weighted by molar-refractivity contribution is 6.23. The van der Waals surface area contributed by atoms with Crippen molar-refractivity contribution < 1.29 is 28.7 Å². The predicted molar refractivity (Wildman–Crippen MR) is 112 cm³/mol. The van der Waals surface area contributed by atoms with Gasteiger partial charge in [0.2, 0.25) is 0 Å². The van der Waals surface area contributed by atoms with Gasteiger partial charge in [0.25, 0.3) is 11.8 Å². The monoisotopic (exact) mass is 438 g/mol. The van der Waals surface area contributed by atoms with E-state index < -0.39 is 29.6 Å². The van der Waals surface area contributed by atoms with E-state index in [1.807, 2.05) is 0 Å². The first-order chi connectivity index (χ1) is 15.2. The summed E-state index contributed by atoms with van der Waals surface area (Å²) in [5.74, 6) is -6.28. The van der Waals surface area contributed by atoms with Gasteiger partial charge in [0.15, 0.2) is 0 Å². The number of carbonyl (C=O) groups excluding carboxylic acids is 4. The van der Waals surface area contributed by atoms with E-state index in [9.17, 15) is 19.2 Å². The van der Waals surface area contributed by atoms with Crippen molar-refractivity contribution in [2.45, 2.75) is 26.3 Å². The Kier molecular flexibility index (Phi) is 6.35. The molecule has 0 radical (unpaired) electrons. The number of ether oxygens (including phenoxy) is 2. The van der Waals surface area contributed by atoms with Crippen LogP contribution in [-0.4, -0.2) is 46.9 Å². The van der Waals surface area contributed by atoms with Crippen LogP contribution in [0.4, 0.5) is 0 Å². The molecular formula is C22H22N4O6. The van der Waals surface area contributed by atoms with Gasteiger partial charge in [-0.05, 0) is 24.6 Å². The molecule has 2 aromatic carbocycles. The fourth-order valence-electron chi connectivity index (χ4n) is 3.30. The molecule has 2 aromatic rings. The molecule has 166 valence electrons. The van der Waals surface area contributed by atoms with Crippen molar-refractivity contribution in [3.8, 4) is 0 Å². The lowest BCUT2D eigenvalue weighted by Gasteiger charge is -2.36. The van der Waals surface area contributed by atoms with Crippen LogP contribution < -0.4 is 11.1 Å². The number of hydrogen-bond donors (Lipinski definition) is 3. The maximum atomic E-state index is 13.3. The fraction of sp³-hybridized carbons (Fsp3) is 0.227. The molecule has 3 amide bonds. The first kappa shape index (κ1) is 22.6. The summed E-state index contributed by atoms with van der Waals surface area (Å²) in [4.78, 5) is 51.7. The zero-order valence-corrected chi connectivity index (χ0v) is 17.5. The van der Waals surface area contributed by atoms with Gasteiger partial charge < -0.3 is 20.5 Å². The molecule has 3 rings (SSSR count). The molecule has 1 heterocycles. The summed E-state index contributed by atoms with van der Waals surface area (Å²) in [5.41, 5.74) is 6.72. The number of amidine groups is 1. The molecule has 0 fully saturated rings. The van der Waals surface area contributed by atoms with E-state index in [1.54, 1.807) is 36.4 Å². The zero-order valence-electron chi connectivity index (χ0n) is 17.5. The Morgan fingerprint density at radius 3 is 2.09 bits per heavy atom. The van der Waals surface area contributed by atoms with Gasteiger partial charge in [-0.15, -0.1) is 0 Å². The SMILES string of the molecule is CCO[C@](OC(C)=O)(C(=O)NCc1ccc(C(=N)N)cc1)N1C(=O)c2ccccc2C1=O. The maximum absolute atomic E-state index is 13.3. The van der Waals surface area contributed by atoms with Crippen molar-refractivity contribution in [3.05, 3.63) is 70.8 Å². The Bertz CT molecular complexity index is 1060. The van der Waals surface area contributed by atoms with E-state index >= 15 is 0 Å². The lowest BCUT2D eigenvalue weighted by atomic mass is 10.1. The fourth-order valence-corrected chi connectivity index (χ4v) is 3.30. The van der Waals surface area contributed by atoms with Crippen molar-refractivity contribution in [3.63, 3.8) is 0 Å². The topological polar surface area (TPSA) is 152 Å². The second-order valence-electron chi connectivity index (χ2n) is 6.89. The number of esters is 1. The van der Waals surface area contributed by atoms with E-state index in [-0.39, 0.29) is 30.1 Å². The Balaban J connectivity index is 1.94. The minimum atomic E-state index is -2.62. The summed E-state index contributed by atoms with van der Waals surface area (Å²) < 4.78 is 10.7. The van der Waals surface area contributed by atoms with Gasteiger partial charge >= 0.3 is 17.8 Å². The smallest absolute Gasteiger partial charge is 0.390 e. The van der Waals surface area contributed by atoms with Gasteiger partial charge in [0.1, 0.15) is 5.84 Å². The Hall–Kier alpha value is -4.05. The van der Waals surface area contributed by atoms with Gasteiger partial charge in [0, 0.05) is 19.0 Å². The van der Waals surface area contributed by atoms with Crippen LogP contribution >= 0.6 is 0 Å². The molecule has 1 aliphatic heterocycles. The third-order valence-electron chi connectivity index (χ3n) is 4.72. The van der Waals surface area contributed by atoms with Crippen molar-refractivity contribution in [2.24, 2.45) is 5.73 Å². The second-order valence-corrected chi connectivity index (χ2v) is 6.89. The largest absolute Gasteiger partial charge is 0.405 e. The molecular weight excluding hydrogens is 416 g/mol. The Labute approximate surface area is 183 Å². The zero-order chi connectivity index (χ0) is 23.5. The van der Waals surface area contributed by atoms with Gasteiger partial charge in [-0.25, -0.2) is 4.90 Å². The van der Waals surface area contributed by atoms with Crippen LogP contribution in [0.3, 0.4) is 0 Å². The molecule has 0 bridgehead atoms. The molecule has 10 nitrogen and oxygen atoms in total. The lowest BCUT2D eigenvalue weighted by molar-refractivity contribution is -0.260. The molecule has 1 aliphatic rings. The predicted octanol–water partition coefficient (Wildman–Crippen LogP) is 1.14. The molecule has 10 heteroatoms. The lowest BCUT2D eigenvalue weighted by Crippen LogP contribution is -2.64. The summed E-state index contributed by atoms with van der Waals surface area (Å²) in [6, 6.07) is 12.5. The number of fused-ring (bicyclic) bond motifs is 1. The average molecular weight is 438 g/mol. The second kappa shape index (κ2) is 8.98. The highest BCUT2D eigenvalue weighted by atomic mass is 16.7. The van der Waals surface area contributed by atoms with Crippen LogP contribution in [0, 0.1) is 5.41 Å². The van der Waals surface area contributed by atoms with E-state index in [4.69, 9.17) is 20.6 Å². The molecule has 4 N–H and O–H groups in total. The number of nitrogens with one attached hydrogen (secondary N) is 2. The number of benzene rings is 2. The number of nitrogens with zero attached hydrogens (tertiary/aromatic N) is 1. The Morgan fingerprint density at radius 1 is 1.06 bits per heavy atom. The quantitative estimate of drug-likeness (QED) is 0.184. The number of hydrogen-bond acceptors (Lipinski definition) is 7. The van der Waals surface area contributed by atoms with Gasteiger partial charge in [0.05, 0.1) is 17.7 Å². The molecule has 0 saturated carbocycles. The third kappa shape index (κ3) is 4.08. The van der Waals surface area contributed by atoms with Crippen molar-refractivity contribution in [1.29, 1.82) is 5.41 Å². The highest BCUT2D eigenvalue weighted by Crippen LogP contribution is 2.32. The van der Waals surface area contributed by atoms with Crippen LogP contribution in [0.5, 0.6) is 0 Å². The molecule has 32 heavy (non-hydrogen) atoms. The van der Waals surface area contributed by atoms with Crippen LogP contribution in [0.1, 0.15) is 45.7 Å². The number of carbonyl (C=O) groups is 4. The number of rotatable bonds is 8. The van der Waals surface area contributed by atoms with Crippen LogP contribution in [0.2, 0.25) is 0 Å². The normalized spacial score (nSPS) is 14.5. The molecule has 0 unspecified atom stereocenters. The molecule has 0 saturated heterocycles. The van der Waals surface area contributed by atoms with Crippen LogP contribution in [0.15, 0.2) is 48.5 Å². The summed E-state index contributed by atoms with van der Waals surface area (Å²) in [5, 5.41) is 9.98. The number of amides is 3. The van der Waals surface area contributed by atoms with E-state index in [0.29, 0.717) is 16.0 Å². The Morgan fingerprint density at radius 2 is 1.62 bits per heavy atom. The molecule has 0 aromatic heterocycles. The van der Waals surface area contributed by atoms with Gasteiger partial charge in [-0.3, -0.25) is 24.6 Å². The third-order valence-corrected chi connectivity index (χ3v) is 4.72. The standard InChI is InChI=1S/C22H22N4O6/c1-3-31-22(32-13(2)27,26-19(28)16-6-4-5-7-17(16)20(26)29)21(30)25-12-14-8-10-15(11-9-14)18(23)24/h4-11H,3,12H2,1-2H3,(H3,23,24)(H,25,30)/t22-/m0/s1. The first-order valence-corrected chi connectivity index (χ1v) is 9.74. The van der Waals surface area contributed by atoms with Gasteiger partial charge in [-0.2, -0.15) is 0 Å². The number of imide groups is 1. The maximum Gasteiger partial charge on any atom is 0.390 e. The summed E-state index contributed by atoms with van der Waals surface area (Å²) in [6.07, 6.45) is 0. The van der Waals surface area contributed by atoms with Crippen molar-refractivity contribution >= 4 is 29.5 Å². The van der Waals surface area contributed by atoms with Crippen molar-refractivity contribution in [1.82, 2.24) is 10.2 Å². The van der Waals surface area contributed by atoms with Crippen LogP contribution in [0.25, 0.3) is 0 Å². The molecule has 1 atom stereocenters. The van der Waals surface area contributed by atoms with Crippen molar-refractivity contribution in [2.75, 3.05) is 6.61 Å². The van der Waals surface area contributed by atoms with Gasteiger partial charge in [-0.1, -0.05) is 36.4 Å². The summed E-state index contributed by atoms with van der Waals surface area (Å²) in [7, 11) is 0. The van der Waals surface area contributed by atoms with E-state index in [2.05, 4.69) is 5.32 Å².